The van der Waals surface area contributed by atoms with Gasteiger partial charge in [0, 0.05) is 16.2 Å². The average Bonchev–Trinajstić information content (AvgIpc) is 2.39. The molecule has 0 amide bonds. The molecule has 0 aliphatic heterocycles. The molecule has 0 atom stereocenters. The van der Waals surface area contributed by atoms with Crippen LogP contribution in [0.1, 0.15) is 25.1 Å². The first kappa shape index (κ1) is 12.8. The van der Waals surface area contributed by atoms with Crippen molar-refractivity contribution in [1.82, 2.24) is 9.97 Å². The standard InChI is InChI=1S/C15H15BrN2O/c16-12-4-2-11(3-5-12)13-6-9-17-14(18-13)15(10-19)7-1-8-15/h2-6,9,19H,1,7-8,10H2. The summed E-state index contributed by atoms with van der Waals surface area (Å²) in [4.78, 5) is 9.02. The van der Waals surface area contributed by atoms with Gasteiger partial charge in [-0.3, -0.25) is 0 Å². The van der Waals surface area contributed by atoms with Crippen LogP contribution in [0.5, 0.6) is 0 Å². The summed E-state index contributed by atoms with van der Waals surface area (Å²) in [5.41, 5.74) is 1.78. The van der Waals surface area contributed by atoms with Gasteiger partial charge in [0.1, 0.15) is 5.82 Å². The van der Waals surface area contributed by atoms with E-state index in [9.17, 15) is 5.11 Å². The molecule has 0 saturated heterocycles. The molecule has 1 aliphatic rings. The smallest absolute Gasteiger partial charge is 0.137 e. The molecule has 1 aromatic heterocycles. The van der Waals surface area contributed by atoms with Crippen molar-refractivity contribution in [3.8, 4) is 11.3 Å². The summed E-state index contributed by atoms with van der Waals surface area (Å²) in [6.07, 6.45) is 4.89. The quantitative estimate of drug-likeness (QED) is 0.944. The molecule has 0 radical (unpaired) electrons. The Morgan fingerprint density at radius 2 is 1.89 bits per heavy atom. The zero-order valence-electron chi connectivity index (χ0n) is 10.5. The minimum atomic E-state index is -0.203. The van der Waals surface area contributed by atoms with Crippen LogP contribution in [0.25, 0.3) is 11.3 Å². The van der Waals surface area contributed by atoms with E-state index in [-0.39, 0.29) is 12.0 Å². The highest BCUT2D eigenvalue weighted by molar-refractivity contribution is 9.10. The Morgan fingerprint density at radius 3 is 2.47 bits per heavy atom. The topological polar surface area (TPSA) is 46.0 Å². The molecule has 4 heteroatoms. The number of benzene rings is 1. The van der Waals surface area contributed by atoms with Gasteiger partial charge in [-0.2, -0.15) is 0 Å². The SMILES string of the molecule is OCC1(c2nccc(-c3ccc(Br)cc3)n2)CCC1. The number of halogens is 1. The average molecular weight is 319 g/mol. The Morgan fingerprint density at radius 1 is 1.16 bits per heavy atom. The summed E-state index contributed by atoms with van der Waals surface area (Å²) >= 11 is 3.43. The molecule has 1 N–H and O–H groups in total. The van der Waals surface area contributed by atoms with Crippen LogP contribution in [0.15, 0.2) is 41.0 Å². The fraction of sp³-hybridized carbons (Fsp3) is 0.333. The van der Waals surface area contributed by atoms with Gasteiger partial charge in [0.15, 0.2) is 0 Å². The number of aromatic nitrogens is 2. The maximum Gasteiger partial charge on any atom is 0.137 e. The van der Waals surface area contributed by atoms with Crippen LogP contribution < -0.4 is 0 Å². The van der Waals surface area contributed by atoms with Crippen LogP contribution in [0.4, 0.5) is 0 Å². The molecule has 3 rings (SSSR count). The van der Waals surface area contributed by atoms with Crippen molar-refractivity contribution in [2.75, 3.05) is 6.61 Å². The van der Waals surface area contributed by atoms with E-state index in [0.29, 0.717) is 0 Å². The largest absolute Gasteiger partial charge is 0.395 e. The van der Waals surface area contributed by atoms with E-state index < -0.39 is 0 Å². The first-order chi connectivity index (χ1) is 9.23. The molecule has 19 heavy (non-hydrogen) atoms. The molecule has 1 aliphatic carbocycles. The van der Waals surface area contributed by atoms with E-state index in [0.717, 1.165) is 40.8 Å². The zero-order valence-corrected chi connectivity index (χ0v) is 12.1. The van der Waals surface area contributed by atoms with Gasteiger partial charge >= 0.3 is 0 Å². The molecule has 1 saturated carbocycles. The van der Waals surface area contributed by atoms with Gasteiger partial charge in [0.25, 0.3) is 0 Å². The van der Waals surface area contributed by atoms with Crippen molar-refractivity contribution < 1.29 is 5.11 Å². The highest BCUT2D eigenvalue weighted by atomic mass is 79.9. The van der Waals surface area contributed by atoms with Crippen LogP contribution in [0, 0.1) is 0 Å². The zero-order chi connectivity index (χ0) is 13.3. The normalized spacial score (nSPS) is 16.9. The lowest BCUT2D eigenvalue weighted by Gasteiger charge is -2.38. The molecule has 2 aromatic rings. The monoisotopic (exact) mass is 318 g/mol. The van der Waals surface area contributed by atoms with E-state index in [4.69, 9.17) is 0 Å². The van der Waals surface area contributed by atoms with Gasteiger partial charge < -0.3 is 5.11 Å². The Labute approximate surface area is 120 Å². The maximum absolute atomic E-state index is 9.60. The van der Waals surface area contributed by atoms with Crippen LogP contribution in [0.2, 0.25) is 0 Å². The van der Waals surface area contributed by atoms with Gasteiger partial charge in [-0.1, -0.05) is 34.5 Å². The Hall–Kier alpha value is -1.26. The Balaban J connectivity index is 1.98. The molecule has 0 bridgehead atoms. The van der Waals surface area contributed by atoms with Crippen molar-refractivity contribution in [2.45, 2.75) is 24.7 Å². The van der Waals surface area contributed by atoms with E-state index in [1.807, 2.05) is 30.3 Å². The summed E-state index contributed by atoms with van der Waals surface area (Å²) in [5.74, 6) is 0.779. The number of hydrogen-bond acceptors (Lipinski definition) is 3. The third kappa shape index (κ3) is 2.30. The van der Waals surface area contributed by atoms with Crippen molar-refractivity contribution in [2.24, 2.45) is 0 Å². The Bertz CT molecular complexity index is 573. The van der Waals surface area contributed by atoms with Gasteiger partial charge in [0.2, 0.25) is 0 Å². The van der Waals surface area contributed by atoms with E-state index in [1.165, 1.54) is 0 Å². The molecule has 98 valence electrons. The fourth-order valence-electron chi connectivity index (χ4n) is 2.45. The summed E-state index contributed by atoms with van der Waals surface area (Å²) in [7, 11) is 0. The summed E-state index contributed by atoms with van der Waals surface area (Å²) in [6.45, 7) is 0.136. The molecule has 1 aromatic carbocycles. The first-order valence-electron chi connectivity index (χ1n) is 6.44. The van der Waals surface area contributed by atoms with Crippen molar-refractivity contribution in [1.29, 1.82) is 0 Å². The van der Waals surface area contributed by atoms with E-state index in [2.05, 4.69) is 25.9 Å². The van der Waals surface area contributed by atoms with Gasteiger partial charge in [-0.15, -0.1) is 0 Å². The molecule has 3 nitrogen and oxygen atoms in total. The number of nitrogens with zero attached hydrogens (tertiary/aromatic N) is 2. The summed E-state index contributed by atoms with van der Waals surface area (Å²) in [5, 5.41) is 9.60. The lowest BCUT2D eigenvalue weighted by atomic mass is 9.68. The number of aliphatic hydroxyl groups excluding tert-OH is 1. The second-order valence-corrected chi connectivity index (χ2v) is 5.98. The summed E-state index contributed by atoms with van der Waals surface area (Å²) in [6, 6.07) is 9.98. The van der Waals surface area contributed by atoms with Crippen LogP contribution >= 0.6 is 15.9 Å². The van der Waals surface area contributed by atoms with Crippen LogP contribution in [0.3, 0.4) is 0 Å². The molecule has 1 heterocycles. The van der Waals surface area contributed by atoms with Gasteiger partial charge in [-0.25, -0.2) is 9.97 Å². The second-order valence-electron chi connectivity index (χ2n) is 5.06. The van der Waals surface area contributed by atoms with E-state index in [1.54, 1.807) is 6.20 Å². The van der Waals surface area contributed by atoms with Crippen molar-refractivity contribution in [3.63, 3.8) is 0 Å². The molecule has 0 unspecified atom stereocenters. The molecule has 1 fully saturated rings. The van der Waals surface area contributed by atoms with Crippen molar-refractivity contribution >= 4 is 15.9 Å². The number of hydrogen-bond donors (Lipinski definition) is 1. The maximum atomic E-state index is 9.60. The number of aliphatic hydroxyl groups is 1. The number of rotatable bonds is 3. The fourth-order valence-corrected chi connectivity index (χ4v) is 2.72. The Kier molecular flexibility index (Phi) is 3.37. The van der Waals surface area contributed by atoms with Gasteiger partial charge in [0.05, 0.1) is 17.7 Å². The van der Waals surface area contributed by atoms with Gasteiger partial charge in [-0.05, 0) is 31.0 Å². The third-order valence-corrected chi connectivity index (χ3v) is 4.41. The molecular weight excluding hydrogens is 304 g/mol. The lowest BCUT2D eigenvalue weighted by molar-refractivity contribution is 0.112. The third-order valence-electron chi connectivity index (χ3n) is 3.88. The minimum Gasteiger partial charge on any atom is -0.395 e. The van der Waals surface area contributed by atoms with Crippen molar-refractivity contribution in [3.05, 3.63) is 46.8 Å². The van der Waals surface area contributed by atoms with Crippen LogP contribution in [-0.4, -0.2) is 21.7 Å². The molecule has 0 spiro atoms. The molecular formula is C15H15BrN2O. The highest BCUT2D eigenvalue weighted by Gasteiger charge is 2.40. The van der Waals surface area contributed by atoms with Crippen LogP contribution in [-0.2, 0) is 5.41 Å². The minimum absolute atomic E-state index is 0.136. The predicted molar refractivity (Wildman–Crippen MR) is 77.8 cm³/mol. The predicted octanol–water partition coefficient (Wildman–Crippen LogP) is 3.32. The first-order valence-corrected chi connectivity index (χ1v) is 7.23. The second kappa shape index (κ2) is 5.02. The highest BCUT2D eigenvalue weighted by Crippen LogP contribution is 2.41. The van der Waals surface area contributed by atoms with E-state index >= 15 is 0 Å². The lowest BCUT2D eigenvalue weighted by Crippen LogP contribution is -2.39. The summed E-state index contributed by atoms with van der Waals surface area (Å²) < 4.78 is 1.05.